The number of hydrogen-bond donors (Lipinski definition) is 1. The van der Waals surface area contributed by atoms with E-state index in [1.807, 2.05) is 22.9 Å². The van der Waals surface area contributed by atoms with Gasteiger partial charge in [-0.05, 0) is 59.1 Å². The summed E-state index contributed by atoms with van der Waals surface area (Å²) >= 11 is 3.46. The standard InChI is InChI=1S/C22H18BrF2N3O2S/c23-18-9-21-16(17(22(18)29)10-27-6-5-26-12-27)7-14(28(21)13-1-2-13)11-31(30)15-3-4-19(24)20(25)8-15/h3-9,12-13,29H,1-2,10-11H2. The normalized spacial score (nSPS) is 14.9. The van der Waals surface area contributed by atoms with Crippen LogP contribution in [0.5, 0.6) is 5.75 Å². The highest BCUT2D eigenvalue weighted by atomic mass is 79.9. The van der Waals surface area contributed by atoms with Crippen LogP contribution in [0.2, 0.25) is 0 Å². The van der Waals surface area contributed by atoms with E-state index in [1.165, 1.54) is 6.07 Å². The SMILES string of the molecule is O=S(Cc1cc2c(Cn3ccnc3)c(O)c(Br)cc2n1C1CC1)c1ccc(F)c(F)c1. The van der Waals surface area contributed by atoms with Gasteiger partial charge in [-0.2, -0.15) is 0 Å². The van der Waals surface area contributed by atoms with Crippen molar-refractivity contribution >= 4 is 37.6 Å². The van der Waals surface area contributed by atoms with E-state index in [9.17, 15) is 18.1 Å². The fourth-order valence-electron chi connectivity index (χ4n) is 3.88. The zero-order valence-electron chi connectivity index (χ0n) is 16.3. The molecule has 4 aromatic rings. The number of fused-ring (bicyclic) bond motifs is 1. The zero-order chi connectivity index (χ0) is 21.7. The van der Waals surface area contributed by atoms with Gasteiger partial charge in [-0.15, -0.1) is 0 Å². The smallest absolute Gasteiger partial charge is 0.160 e. The first-order valence-electron chi connectivity index (χ1n) is 9.75. The molecule has 1 aliphatic rings. The average molecular weight is 506 g/mol. The number of benzene rings is 2. The maximum Gasteiger partial charge on any atom is 0.160 e. The molecule has 0 radical (unpaired) electrons. The summed E-state index contributed by atoms with van der Waals surface area (Å²) in [7, 11) is -1.54. The summed E-state index contributed by atoms with van der Waals surface area (Å²) in [5.74, 6) is -1.65. The minimum absolute atomic E-state index is 0.155. The van der Waals surface area contributed by atoms with Crippen LogP contribution in [0.4, 0.5) is 8.78 Å². The Hall–Kier alpha value is -2.52. The van der Waals surface area contributed by atoms with Gasteiger partial charge >= 0.3 is 0 Å². The molecule has 160 valence electrons. The van der Waals surface area contributed by atoms with E-state index < -0.39 is 22.4 Å². The third-order valence-corrected chi connectivity index (χ3v) is 7.44. The van der Waals surface area contributed by atoms with E-state index in [2.05, 4.69) is 25.5 Å². The summed E-state index contributed by atoms with van der Waals surface area (Å²) in [6.07, 6.45) is 7.22. The highest BCUT2D eigenvalue weighted by Crippen LogP contribution is 2.44. The molecule has 0 spiro atoms. The van der Waals surface area contributed by atoms with Crippen molar-refractivity contribution in [3.8, 4) is 5.75 Å². The lowest BCUT2D eigenvalue weighted by Crippen LogP contribution is -2.05. The van der Waals surface area contributed by atoms with Crippen molar-refractivity contribution in [2.75, 3.05) is 0 Å². The predicted molar refractivity (Wildman–Crippen MR) is 117 cm³/mol. The quantitative estimate of drug-likeness (QED) is 0.388. The Morgan fingerprint density at radius 2 is 2.00 bits per heavy atom. The van der Waals surface area contributed by atoms with Crippen LogP contribution >= 0.6 is 15.9 Å². The van der Waals surface area contributed by atoms with Crippen molar-refractivity contribution < 1.29 is 18.1 Å². The van der Waals surface area contributed by atoms with Crippen molar-refractivity contribution in [3.05, 3.63) is 76.4 Å². The van der Waals surface area contributed by atoms with Gasteiger partial charge in [-0.1, -0.05) is 0 Å². The van der Waals surface area contributed by atoms with Gasteiger partial charge in [-0.25, -0.2) is 13.8 Å². The molecule has 5 rings (SSSR count). The number of aromatic nitrogens is 3. The first kappa shape index (κ1) is 20.4. The van der Waals surface area contributed by atoms with Gasteiger partial charge in [-0.3, -0.25) is 4.21 Å². The largest absolute Gasteiger partial charge is 0.506 e. The fraction of sp³-hybridized carbons (Fsp3) is 0.227. The van der Waals surface area contributed by atoms with Crippen LogP contribution in [0.3, 0.4) is 0 Å². The van der Waals surface area contributed by atoms with Crippen molar-refractivity contribution in [3.63, 3.8) is 0 Å². The molecule has 2 aromatic heterocycles. The summed E-state index contributed by atoms with van der Waals surface area (Å²) in [4.78, 5) is 4.31. The molecule has 2 aromatic carbocycles. The number of halogens is 3. The van der Waals surface area contributed by atoms with E-state index in [0.29, 0.717) is 17.1 Å². The molecule has 0 aliphatic heterocycles. The number of phenolic OH excluding ortho intramolecular Hbond substituents is 1. The third-order valence-electron chi connectivity index (χ3n) is 5.50. The Balaban J connectivity index is 1.60. The van der Waals surface area contributed by atoms with Crippen molar-refractivity contribution in [2.24, 2.45) is 0 Å². The van der Waals surface area contributed by atoms with E-state index in [0.717, 1.165) is 47.1 Å². The number of nitrogens with zero attached hydrogens (tertiary/aromatic N) is 3. The van der Waals surface area contributed by atoms with Gasteiger partial charge < -0.3 is 14.2 Å². The molecule has 31 heavy (non-hydrogen) atoms. The summed E-state index contributed by atoms with van der Waals surface area (Å²) in [5.41, 5.74) is 2.52. The van der Waals surface area contributed by atoms with Crippen LogP contribution < -0.4 is 0 Å². The fourth-order valence-corrected chi connectivity index (χ4v) is 5.45. The second-order valence-electron chi connectivity index (χ2n) is 7.66. The Labute approximate surface area is 187 Å². The Bertz CT molecular complexity index is 1320. The number of rotatable bonds is 6. The molecule has 2 heterocycles. The van der Waals surface area contributed by atoms with Crippen LogP contribution in [-0.2, 0) is 23.1 Å². The van der Waals surface area contributed by atoms with E-state index in [1.54, 1.807) is 12.5 Å². The summed E-state index contributed by atoms with van der Waals surface area (Å²) in [6.45, 7) is 0.433. The predicted octanol–water partition coefficient (Wildman–Crippen LogP) is 5.28. The molecule has 1 unspecified atom stereocenters. The van der Waals surface area contributed by atoms with Crippen LogP contribution in [0.25, 0.3) is 10.9 Å². The van der Waals surface area contributed by atoms with E-state index >= 15 is 0 Å². The van der Waals surface area contributed by atoms with Gasteiger partial charge in [0.25, 0.3) is 0 Å². The molecule has 5 nitrogen and oxygen atoms in total. The minimum atomic E-state index is -1.54. The molecule has 0 saturated heterocycles. The van der Waals surface area contributed by atoms with Crippen LogP contribution in [0.15, 0.2) is 58.4 Å². The molecule has 0 amide bonds. The second kappa shape index (κ2) is 7.87. The Morgan fingerprint density at radius 3 is 2.68 bits per heavy atom. The highest BCUT2D eigenvalue weighted by Gasteiger charge is 2.29. The Morgan fingerprint density at radius 1 is 1.19 bits per heavy atom. The molecule has 1 atom stereocenters. The topological polar surface area (TPSA) is 60.1 Å². The van der Waals surface area contributed by atoms with E-state index in [4.69, 9.17) is 0 Å². The summed E-state index contributed by atoms with van der Waals surface area (Å²) in [5, 5.41) is 11.6. The van der Waals surface area contributed by atoms with Gasteiger partial charge in [0, 0.05) is 40.0 Å². The molecular formula is C22H18BrF2N3O2S. The maximum atomic E-state index is 13.6. The molecular weight excluding hydrogens is 488 g/mol. The number of imidazole rings is 1. The van der Waals surface area contributed by atoms with Crippen LogP contribution in [-0.4, -0.2) is 23.4 Å². The summed E-state index contributed by atoms with van der Waals surface area (Å²) < 4.78 is 44.5. The highest BCUT2D eigenvalue weighted by molar-refractivity contribution is 9.10. The van der Waals surface area contributed by atoms with Gasteiger partial charge in [0.05, 0.1) is 39.4 Å². The van der Waals surface area contributed by atoms with Crippen molar-refractivity contribution in [1.29, 1.82) is 0 Å². The lowest BCUT2D eigenvalue weighted by atomic mass is 10.1. The lowest BCUT2D eigenvalue weighted by molar-refractivity contribution is 0.464. The molecule has 1 fully saturated rings. The molecule has 1 N–H and O–H groups in total. The van der Waals surface area contributed by atoms with Crippen molar-refractivity contribution in [1.82, 2.24) is 14.1 Å². The van der Waals surface area contributed by atoms with Gasteiger partial charge in [0.2, 0.25) is 0 Å². The monoisotopic (exact) mass is 505 g/mol. The minimum Gasteiger partial charge on any atom is -0.506 e. The van der Waals surface area contributed by atoms with Gasteiger partial charge in [0.15, 0.2) is 11.6 Å². The number of aromatic hydroxyl groups is 1. The Kier molecular flexibility index (Phi) is 5.18. The van der Waals surface area contributed by atoms with E-state index in [-0.39, 0.29) is 16.4 Å². The van der Waals surface area contributed by atoms with Crippen molar-refractivity contribution in [2.45, 2.75) is 36.1 Å². The number of phenols is 1. The molecule has 1 aliphatic carbocycles. The zero-order valence-corrected chi connectivity index (χ0v) is 18.7. The van der Waals surface area contributed by atoms with Gasteiger partial charge in [0.1, 0.15) is 5.75 Å². The molecule has 1 saturated carbocycles. The maximum absolute atomic E-state index is 13.6. The number of hydrogen-bond acceptors (Lipinski definition) is 3. The van der Waals surface area contributed by atoms with Crippen LogP contribution in [0.1, 0.15) is 30.1 Å². The summed E-state index contributed by atoms with van der Waals surface area (Å²) in [6, 6.07) is 7.46. The first-order valence-corrected chi connectivity index (χ1v) is 11.9. The molecule has 0 bridgehead atoms. The third kappa shape index (κ3) is 3.80. The second-order valence-corrected chi connectivity index (χ2v) is 9.96. The van der Waals surface area contributed by atoms with Crippen LogP contribution in [0, 0.1) is 11.6 Å². The lowest BCUT2D eigenvalue weighted by Gasteiger charge is -2.12. The first-order chi connectivity index (χ1) is 14.9. The molecule has 9 heteroatoms. The average Bonchev–Trinajstić information content (AvgIpc) is 3.32.